The molecule has 0 aliphatic heterocycles. The Labute approximate surface area is 230 Å². The van der Waals surface area contributed by atoms with Crippen molar-refractivity contribution >= 4 is 5.97 Å². The molecule has 0 radical (unpaired) electrons. The van der Waals surface area contributed by atoms with E-state index in [1.807, 2.05) is 6.07 Å². The molecule has 0 bridgehead atoms. The minimum absolute atomic E-state index is 0.0239. The van der Waals surface area contributed by atoms with E-state index in [4.69, 9.17) is 15.2 Å². The summed E-state index contributed by atoms with van der Waals surface area (Å²) in [4.78, 5) is 11.8. The molecule has 5 unspecified atom stereocenters. The summed E-state index contributed by atoms with van der Waals surface area (Å²) in [5, 5.41) is 20.0. The Kier molecular flexibility index (Phi) is 7.96. The van der Waals surface area contributed by atoms with Crippen LogP contribution in [0.3, 0.4) is 0 Å². The molecule has 6 nitrogen and oxygen atoms in total. The van der Waals surface area contributed by atoms with Crippen LogP contribution < -0.4 is 15.2 Å². The first-order valence-corrected chi connectivity index (χ1v) is 14.0. The van der Waals surface area contributed by atoms with Gasteiger partial charge in [-0.05, 0) is 103 Å². The zero-order valence-corrected chi connectivity index (χ0v) is 22.8. The summed E-state index contributed by atoms with van der Waals surface area (Å²) in [6, 6.07) is 19.9. The molecule has 2 saturated carbocycles. The van der Waals surface area contributed by atoms with Crippen LogP contribution in [0.15, 0.2) is 66.7 Å². The van der Waals surface area contributed by atoms with Crippen molar-refractivity contribution in [3.05, 3.63) is 89.0 Å². The van der Waals surface area contributed by atoms with Gasteiger partial charge in [0.15, 0.2) is 0 Å². The molecule has 39 heavy (non-hydrogen) atoms. The maximum Gasteiger partial charge on any atom is 0.343 e. The number of benzene rings is 3. The average Bonchev–Trinajstić information content (AvgIpc) is 3.27. The van der Waals surface area contributed by atoms with E-state index in [2.05, 4.69) is 25.1 Å². The molecule has 3 aromatic rings. The number of fused-ring (bicyclic) bond motifs is 5. The van der Waals surface area contributed by atoms with Gasteiger partial charge < -0.3 is 25.4 Å². The van der Waals surface area contributed by atoms with Crippen LogP contribution >= 0.6 is 0 Å². The molecule has 5 atom stereocenters. The third-order valence-electron chi connectivity index (χ3n) is 9.38. The normalized spacial score (nSPS) is 26.8. The molecule has 206 valence electrons. The number of aliphatic hydroxyl groups excluding tert-OH is 1. The first-order valence-electron chi connectivity index (χ1n) is 14.0. The molecule has 6 heteroatoms. The number of aryl methyl sites for hydroxylation is 1. The number of aliphatic hydroxyl groups is 1. The van der Waals surface area contributed by atoms with Gasteiger partial charge in [-0.15, -0.1) is 0 Å². The predicted octanol–water partition coefficient (Wildman–Crippen LogP) is 5.98. The number of phenols is 1. The number of hydrogen-bond acceptors (Lipinski definition) is 6. The molecule has 3 aliphatic rings. The molecule has 0 aromatic heterocycles. The Morgan fingerprint density at radius 3 is 2.49 bits per heavy atom. The SMILES string of the molecule is COc1ccc2c(c1)CCC1C2CCC2(C)C(O)CCC12.NCc1ccc(OC(=O)c2ccccc2)cc1O. The zero-order valence-electron chi connectivity index (χ0n) is 22.8. The van der Waals surface area contributed by atoms with Crippen LogP contribution in [0.2, 0.25) is 0 Å². The highest BCUT2D eigenvalue weighted by molar-refractivity contribution is 5.91. The molecule has 4 N–H and O–H groups in total. The summed E-state index contributed by atoms with van der Waals surface area (Å²) >= 11 is 0. The minimum Gasteiger partial charge on any atom is -0.507 e. The Morgan fingerprint density at radius 1 is 1.00 bits per heavy atom. The molecule has 2 fully saturated rings. The maximum atomic E-state index is 11.8. The molecule has 6 rings (SSSR count). The van der Waals surface area contributed by atoms with E-state index in [1.54, 1.807) is 49.1 Å². The van der Waals surface area contributed by atoms with E-state index in [1.165, 1.54) is 43.7 Å². The highest BCUT2D eigenvalue weighted by atomic mass is 16.5. The number of hydrogen-bond donors (Lipinski definition) is 3. The number of carbonyl (C=O) groups excluding carboxylic acids is 1. The van der Waals surface area contributed by atoms with Crippen molar-refractivity contribution < 1.29 is 24.5 Å². The highest BCUT2D eigenvalue weighted by Crippen LogP contribution is 2.60. The van der Waals surface area contributed by atoms with Gasteiger partial charge in [0.05, 0.1) is 18.8 Å². The van der Waals surface area contributed by atoms with Gasteiger partial charge in [0.1, 0.15) is 17.2 Å². The maximum absolute atomic E-state index is 11.8. The number of carbonyl (C=O) groups is 1. The lowest BCUT2D eigenvalue weighted by atomic mass is 9.55. The summed E-state index contributed by atoms with van der Waals surface area (Å²) in [5.41, 5.74) is 9.74. The molecule has 3 aliphatic carbocycles. The summed E-state index contributed by atoms with van der Waals surface area (Å²) in [7, 11) is 1.75. The van der Waals surface area contributed by atoms with Crippen molar-refractivity contribution in [1.82, 2.24) is 0 Å². The standard InChI is InChI=1S/C19H26O2.C14H13NO3/c1-19-10-9-15-14-6-4-13(21-2)11-12(14)3-5-16(15)17(19)7-8-18(19)20;15-9-11-6-7-12(8-13(11)16)18-14(17)10-4-2-1-3-5-10/h4,6,11,15-18,20H,3,5,7-10H2,1-2H3;1-8,16H,9,15H2. The second kappa shape index (κ2) is 11.4. The number of phenolic OH excluding ortho intramolecular Hbond substituents is 1. The smallest absolute Gasteiger partial charge is 0.343 e. The quantitative estimate of drug-likeness (QED) is 0.284. The van der Waals surface area contributed by atoms with Gasteiger partial charge in [-0.25, -0.2) is 4.79 Å². The fourth-order valence-corrected chi connectivity index (χ4v) is 7.18. The second-order valence-electron chi connectivity index (χ2n) is 11.4. The van der Waals surface area contributed by atoms with Crippen LogP contribution in [0.1, 0.15) is 72.0 Å². The molecular formula is C33H39NO5. The second-order valence-corrected chi connectivity index (χ2v) is 11.4. The summed E-state index contributed by atoms with van der Waals surface area (Å²) < 4.78 is 10.5. The van der Waals surface area contributed by atoms with Gasteiger partial charge in [0, 0.05) is 18.2 Å². The Bertz CT molecular complexity index is 1310. The fourth-order valence-electron chi connectivity index (χ4n) is 7.18. The number of aromatic hydroxyl groups is 1. The van der Waals surface area contributed by atoms with E-state index in [-0.39, 0.29) is 23.8 Å². The van der Waals surface area contributed by atoms with Crippen LogP contribution in [0.25, 0.3) is 0 Å². The van der Waals surface area contributed by atoms with Gasteiger partial charge in [0.25, 0.3) is 0 Å². The number of rotatable bonds is 4. The zero-order chi connectivity index (χ0) is 27.6. The average molecular weight is 530 g/mol. The van der Waals surface area contributed by atoms with Crippen molar-refractivity contribution in [2.24, 2.45) is 23.0 Å². The lowest BCUT2D eigenvalue weighted by Crippen LogP contribution is -2.43. The topological polar surface area (TPSA) is 102 Å². The van der Waals surface area contributed by atoms with E-state index in [0.29, 0.717) is 22.8 Å². The molecule has 0 heterocycles. The highest BCUT2D eigenvalue weighted by Gasteiger charge is 2.54. The number of methoxy groups -OCH3 is 1. The van der Waals surface area contributed by atoms with Gasteiger partial charge in [-0.3, -0.25) is 0 Å². The molecule has 3 aromatic carbocycles. The van der Waals surface area contributed by atoms with Crippen LogP contribution in [0.5, 0.6) is 17.2 Å². The van der Waals surface area contributed by atoms with Gasteiger partial charge in [-0.1, -0.05) is 37.3 Å². The summed E-state index contributed by atoms with van der Waals surface area (Å²) in [6.45, 7) is 2.58. The monoisotopic (exact) mass is 529 g/mol. The van der Waals surface area contributed by atoms with Crippen molar-refractivity contribution in [2.75, 3.05) is 7.11 Å². The Morgan fingerprint density at radius 2 is 1.77 bits per heavy atom. The summed E-state index contributed by atoms with van der Waals surface area (Å²) in [6.07, 6.45) is 7.07. The Hall–Kier alpha value is -3.35. The van der Waals surface area contributed by atoms with E-state index >= 15 is 0 Å². The Balaban J connectivity index is 0.000000160. The number of ether oxygens (including phenoxy) is 2. The number of nitrogens with two attached hydrogens (primary N) is 1. The third kappa shape index (κ3) is 5.41. The molecule has 0 spiro atoms. The van der Waals surface area contributed by atoms with E-state index in [9.17, 15) is 15.0 Å². The van der Waals surface area contributed by atoms with Crippen molar-refractivity contribution in [3.8, 4) is 17.2 Å². The molecular weight excluding hydrogens is 490 g/mol. The van der Waals surface area contributed by atoms with Crippen LogP contribution in [-0.4, -0.2) is 29.4 Å². The molecule has 0 amide bonds. The van der Waals surface area contributed by atoms with Crippen molar-refractivity contribution in [1.29, 1.82) is 0 Å². The lowest BCUT2D eigenvalue weighted by Gasteiger charge is -2.50. The van der Waals surface area contributed by atoms with Crippen molar-refractivity contribution in [3.63, 3.8) is 0 Å². The summed E-state index contributed by atoms with van der Waals surface area (Å²) in [5.74, 6) is 3.06. The predicted molar refractivity (Wildman–Crippen MR) is 151 cm³/mol. The van der Waals surface area contributed by atoms with E-state index in [0.717, 1.165) is 24.0 Å². The molecule has 0 saturated heterocycles. The van der Waals surface area contributed by atoms with Gasteiger partial charge in [-0.2, -0.15) is 0 Å². The lowest BCUT2D eigenvalue weighted by molar-refractivity contribution is -0.0226. The first kappa shape index (κ1) is 27.2. The minimum atomic E-state index is -0.463. The van der Waals surface area contributed by atoms with Crippen LogP contribution in [-0.2, 0) is 13.0 Å². The van der Waals surface area contributed by atoms with Gasteiger partial charge >= 0.3 is 5.97 Å². The fraction of sp³-hybridized carbons (Fsp3) is 0.424. The number of esters is 1. The first-order chi connectivity index (χ1) is 18.8. The van der Waals surface area contributed by atoms with Gasteiger partial charge in [0.2, 0.25) is 0 Å². The van der Waals surface area contributed by atoms with Crippen molar-refractivity contribution in [2.45, 2.75) is 64.0 Å². The van der Waals surface area contributed by atoms with Crippen LogP contribution in [0.4, 0.5) is 0 Å². The van der Waals surface area contributed by atoms with Crippen LogP contribution in [0, 0.1) is 17.3 Å². The largest absolute Gasteiger partial charge is 0.507 e. The third-order valence-corrected chi connectivity index (χ3v) is 9.38. The van der Waals surface area contributed by atoms with E-state index < -0.39 is 5.97 Å².